The summed E-state index contributed by atoms with van der Waals surface area (Å²) in [6.07, 6.45) is 2.50. The lowest BCUT2D eigenvalue weighted by atomic mass is 10.4. The van der Waals surface area contributed by atoms with Gasteiger partial charge in [-0.25, -0.2) is 0 Å². The van der Waals surface area contributed by atoms with Crippen LogP contribution in [-0.4, -0.2) is 18.1 Å². The summed E-state index contributed by atoms with van der Waals surface area (Å²) in [6, 6.07) is 3.63. The lowest BCUT2D eigenvalue weighted by Crippen LogP contribution is -2.07. The van der Waals surface area contributed by atoms with E-state index in [0.29, 0.717) is 30.6 Å². The van der Waals surface area contributed by atoms with E-state index in [9.17, 15) is 0 Å². The molecule has 0 bridgehead atoms. The molecule has 4 nitrogen and oxygen atoms in total. The van der Waals surface area contributed by atoms with E-state index in [0.717, 1.165) is 10.3 Å². The Morgan fingerprint density at radius 1 is 1.59 bits per heavy atom. The van der Waals surface area contributed by atoms with Gasteiger partial charge in [-0.15, -0.1) is 0 Å². The van der Waals surface area contributed by atoms with Crippen molar-refractivity contribution in [3.8, 4) is 5.88 Å². The molecule has 5 heteroatoms. The van der Waals surface area contributed by atoms with Crippen LogP contribution in [0.2, 0.25) is 0 Å². The van der Waals surface area contributed by atoms with Crippen molar-refractivity contribution < 1.29 is 4.74 Å². The highest BCUT2D eigenvalue weighted by molar-refractivity contribution is 9.11. The van der Waals surface area contributed by atoms with Crippen molar-refractivity contribution in [2.45, 2.75) is 12.8 Å². The monoisotopic (exact) mass is 297 g/mol. The summed E-state index contributed by atoms with van der Waals surface area (Å²) in [6.45, 7) is 5.09. The maximum Gasteiger partial charge on any atom is 0.239 e. The number of halogens is 1. The molecular weight excluding hydrogens is 282 g/mol. The van der Waals surface area contributed by atoms with Crippen LogP contribution in [0.1, 0.15) is 12.8 Å². The predicted molar refractivity (Wildman–Crippen MR) is 73.4 cm³/mol. The summed E-state index contributed by atoms with van der Waals surface area (Å²) in [5, 5.41) is 3.12. The number of nitrogens with one attached hydrogen (secondary N) is 1. The van der Waals surface area contributed by atoms with Gasteiger partial charge in [0, 0.05) is 11.0 Å². The maximum absolute atomic E-state index is 5.81. The maximum atomic E-state index is 5.81. The second-order valence-electron chi connectivity index (χ2n) is 4.22. The second-order valence-corrected chi connectivity index (χ2v) is 5.34. The first-order chi connectivity index (χ1) is 8.15. The number of hydrogen-bond acceptors (Lipinski definition) is 4. The van der Waals surface area contributed by atoms with E-state index in [2.05, 4.69) is 32.8 Å². The summed E-state index contributed by atoms with van der Waals surface area (Å²) < 4.78 is 6.47. The van der Waals surface area contributed by atoms with Crippen LogP contribution < -0.4 is 15.8 Å². The minimum absolute atomic E-state index is 0.516. The largest absolute Gasteiger partial charge is 0.476 e. The minimum Gasteiger partial charge on any atom is -0.476 e. The first kappa shape index (κ1) is 12.2. The molecule has 0 atom stereocenters. The van der Waals surface area contributed by atoms with Crippen molar-refractivity contribution in [1.29, 1.82) is 0 Å². The molecule has 0 radical (unpaired) electrons. The van der Waals surface area contributed by atoms with E-state index in [1.165, 1.54) is 12.8 Å². The topological polar surface area (TPSA) is 60.2 Å². The molecule has 2 rings (SSSR count). The lowest BCUT2D eigenvalue weighted by Gasteiger charge is -2.10. The number of nitrogens with zero attached hydrogens (tertiary/aromatic N) is 1. The molecule has 17 heavy (non-hydrogen) atoms. The number of rotatable bonds is 6. The second kappa shape index (κ2) is 5.40. The summed E-state index contributed by atoms with van der Waals surface area (Å²) >= 11 is 3.28. The summed E-state index contributed by atoms with van der Waals surface area (Å²) in [5.41, 5.74) is 6.39. The third-order valence-corrected chi connectivity index (χ3v) is 2.78. The zero-order valence-corrected chi connectivity index (χ0v) is 11.2. The van der Waals surface area contributed by atoms with Crippen LogP contribution in [0.5, 0.6) is 5.88 Å². The SMILES string of the molecule is C=C(Br)CNc1ccc(N)c(OCC2CC2)n1. The van der Waals surface area contributed by atoms with Gasteiger partial charge < -0.3 is 15.8 Å². The highest BCUT2D eigenvalue weighted by atomic mass is 79.9. The first-order valence-corrected chi connectivity index (χ1v) is 6.41. The quantitative estimate of drug-likeness (QED) is 0.848. The Balaban J connectivity index is 1.97. The molecule has 1 aromatic heterocycles. The van der Waals surface area contributed by atoms with Crippen LogP contribution in [0.4, 0.5) is 11.5 Å². The highest BCUT2D eigenvalue weighted by Crippen LogP contribution is 2.30. The van der Waals surface area contributed by atoms with Crippen molar-refractivity contribution >= 4 is 27.4 Å². The molecule has 1 fully saturated rings. The summed E-state index contributed by atoms with van der Waals surface area (Å²) in [5.74, 6) is 1.95. The molecule has 0 spiro atoms. The number of aromatic nitrogens is 1. The van der Waals surface area contributed by atoms with E-state index in [1.807, 2.05) is 6.07 Å². The average molecular weight is 298 g/mol. The van der Waals surface area contributed by atoms with Crippen LogP contribution >= 0.6 is 15.9 Å². The van der Waals surface area contributed by atoms with Gasteiger partial charge in [-0.2, -0.15) is 4.98 Å². The number of nitrogens with two attached hydrogens (primary N) is 1. The van der Waals surface area contributed by atoms with Gasteiger partial charge in [-0.3, -0.25) is 0 Å². The molecular formula is C12H16BrN3O. The van der Waals surface area contributed by atoms with E-state index in [1.54, 1.807) is 6.07 Å². The van der Waals surface area contributed by atoms with Crippen molar-refractivity contribution in [2.24, 2.45) is 5.92 Å². The van der Waals surface area contributed by atoms with Gasteiger partial charge in [0.1, 0.15) is 5.82 Å². The Kier molecular flexibility index (Phi) is 3.89. The van der Waals surface area contributed by atoms with E-state index < -0.39 is 0 Å². The molecule has 0 aromatic carbocycles. The zero-order chi connectivity index (χ0) is 12.3. The molecule has 0 saturated heterocycles. The fourth-order valence-corrected chi connectivity index (χ4v) is 1.47. The molecule has 3 N–H and O–H groups in total. The number of pyridine rings is 1. The number of ether oxygens (including phenoxy) is 1. The molecule has 0 unspecified atom stereocenters. The molecule has 92 valence electrons. The smallest absolute Gasteiger partial charge is 0.239 e. The Morgan fingerprint density at radius 2 is 2.35 bits per heavy atom. The number of nitrogen functional groups attached to an aromatic ring is 1. The minimum atomic E-state index is 0.516. The van der Waals surface area contributed by atoms with Gasteiger partial charge in [0.25, 0.3) is 0 Å². The Morgan fingerprint density at radius 3 is 3.00 bits per heavy atom. The van der Waals surface area contributed by atoms with Crippen LogP contribution in [0.3, 0.4) is 0 Å². The van der Waals surface area contributed by atoms with Crippen LogP contribution in [0.25, 0.3) is 0 Å². The van der Waals surface area contributed by atoms with E-state index in [-0.39, 0.29) is 0 Å². The van der Waals surface area contributed by atoms with E-state index in [4.69, 9.17) is 10.5 Å². The molecule has 0 amide bonds. The van der Waals surface area contributed by atoms with Crippen LogP contribution in [0, 0.1) is 5.92 Å². The van der Waals surface area contributed by atoms with Gasteiger partial charge in [-0.1, -0.05) is 22.5 Å². The summed E-state index contributed by atoms with van der Waals surface area (Å²) in [4.78, 5) is 4.32. The van der Waals surface area contributed by atoms with Gasteiger partial charge in [0.2, 0.25) is 5.88 Å². The number of anilines is 2. The summed E-state index contributed by atoms with van der Waals surface area (Å²) in [7, 11) is 0. The Bertz CT molecular complexity index is 418. The standard InChI is InChI=1S/C12H16BrN3O/c1-8(13)6-15-11-5-4-10(14)12(16-11)17-7-9-2-3-9/h4-5,9H,1-3,6-7,14H2,(H,15,16). The van der Waals surface area contributed by atoms with Crippen LogP contribution in [0.15, 0.2) is 23.2 Å². The first-order valence-electron chi connectivity index (χ1n) is 5.61. The molecule has 1 aromatic rings. The molecule has 1 saturated carbocycles. The Labute approximate surface area is 109 Å². The zero-order valence-electron chi connectivity index (χ0n) is 9.58. The third-order valence-electron chi connectivity index (χ3n) is 2.50. The van der Waals surface area contributed by atoms with Crippen molar-refractivity contribution in [1.82, 2.24) is 4.98 Å². The molecule has 1 aliphatic rings. The van der Waals surface area contributed by atoms with Gasteiger partial charge in [0.15, 0.2) is 0 Å². The fourth-order valence-electron chi connectivity index (χ4n) is 1.33. The highest BCUT2D eigenvalue weighted by Gasteiger charge is 2.22. The van der Waals surface area contributed by atoms with Gasteiger partial charge >= 0.3 is 0 Å². The number of hydrogen-bond donors (Lipinski definition) is 2. The third kappa shape index (κ3) is 3.93. The predicted octanol–water partition coefficient (Wildman–Crippen LogP) is 2.77. The fraction of sp³-hybridized carbons (Fsp3) is 0.417. The molecule has 1 heterocycles. The molecule has 0 aliphatic heterocycles. The van der Waals surface area contributed by atoms with Crippen LogP contribution in [-0.2, 0) is 0 Å². The van der Waals surface area contributed by atoms with Crippen molar-refractivity contribution in [3.05, 3.63) is 23.2 Å². The lowest BCUT2D eigenvalue weighted by molar-refractivity contribution is 0.290. The van der Waals surface area contributed by atoms with Crippen molar-refractivity contribution in [3.63, 3.8) is 0 Å². The van der Waals surface area contributed by atoms with Gasteiger partial charge in [-0.05, 0) is 30.9 Å². The average Bonchev–Trinajstić information content (AvgIpc) is 3.10. The van der Waals surface area contributed by atoms with E-state index >= 15 is 0 Å². The van der Waals surface area contributed by atoms with Gasteiger partial charge in [0.05, 0.1) is 12.3 Å². The van der Waals surface area contributed by atoms with Crippen molar-refractivity contribution in [2.75, 3.05) is 24.2 Å². The Hall–Kier alpha value is -1.23. The molecule has 1 aliphatic carbocycles. The normalized spacial score (nSPS) is 14.4.